The van der Waals surface area contributed by atoms with Gasteiger partial charge in [0, 0.05) is 25.3 Å². The maximum Gasteiger partial charge on any atom is 0.225 e. The molecule has 0 spiro atoms. The maximum atomic E-state index is 13.2. The topological polar surface area (TPSA) is 48.7 Å². The number of nitrogens with one attached hydrogen (secondary N) is 1. The van der Waals surface area contributed by atoms with Crippen LogP contribution in [0.1, 0.15) is 11.3 Å². The molecule has 1 N–H and O–H groups in total. The molecule has 0 bridgehead atoms. The molecule has 2 aliphatic heterocycles. The smallest absolute Gasteiger partial charge is 0.225 e. The van der Waals surface area contributed by atoms with Gasteiger partial charge in [0.05, 0.1) is 35.5 Å². The zero-order valence-corrected chi connectivity index (χ0v) is 17.4. The Morgan fingerprint density at radius 3 is 2.63 bits per heavy atom. The lowest BCUT2D eigenvalue weighted by molar-refractivity contribution is -0.126. The van der Waals surface area contributed by atoms with E-state index in [-0.39, 0.29) is 17.9 Å². The fourth-order valence-electron chi connectivity index (χ4n) is 4.70. The summed E-state index contributed by atoms with van der Waals surface area (Å²) >= 11 is 6.47. The number of fused-ring (bicyclic) bond motifs is 3. The summed E-state index contributed by atoms with van der Waals surface area (Å²) in [4.78, 5) is 18.0. The van der Waals surface area contributed by atoms with Gasteiger partial charge < -0.3 is 19.5 Å². The minimum atomic E-state index is -0.139. The third-order valence-corrected chi connectivity index (χ3v) is 6.49. The number of rotatable bonds is 4. The Balaban J connectivity index is 1.42. The number of hydrogen-bond donors (Lipinski definition) is 1. The van der Waals surface area contributed by atoms with Crippen LogP contribution >= 0.6 is 11.6 Å². The summed E-state index contributed by atoms with van der Waals surface area (Å²) in [5.74, 6) is 0.690. The molecule has 1 aromatic heterocycles. The molecule has 0 radical (unpaired) electrons. The van der Waals surface area contributed by atoms with Crippen LogP contribution in [-0.4, -0.2) is 31.6 Å². The van der Waals surface area contributed by atoms with E-state index in [9.17, 15) is 4.79 Å². The molecule has 2 aliphatic rings. The highest BCUT2D eigenvalue weighted by molar-refractivity contribution is 6.33. The van der Waals surface area contributed by atoms with Crippen LogP contribution in [0.4, 0.5) is 11.4 Å². The molecule has 1 saturated heterocycles. The summed E-state index contributed by atoms with van der Waals surface area (Å²) in [6.45, 7) is 2.89. The Bertz CT molecular complexity index is 1040. The average molecular weight is 422 g/mol. The minimum absolute atomic E-state index is 0.0666. The quantitative estimate of drug-likeness (QED) is 0.688. The van der Waals surface area contributed by atoms with Crippen molar-refractivity contribution in [1.29, 1.82) is 0 Å². The van der Waals surface area contributed by atoms with Crippen LogP contribution in [0, 0.1) is 5.92 Å². The number of benzene rings is 2. The maximum absolute atomic E-state index is 13.2. The molecule has 2 atom stereocenters. The second-order valence-electron chi connectivity index (χ2n) is 7.89. The van der Waals surface area contributed by atoms with Crippen LogP contribution in [0.5, 0.6) is 0 Å². The summed E-state index contributed by atoms with van der Waals surface area (Å²) in [6, 6.07) is 20.2. The largest absolute Gasteiger partial charge is 0.467 e. The van der Waals surface area contributed by atoms with E-state index in [0.29, 0.717) is 6.54 Å². The van der Waals surface area contributed by atoms with E-state index in [0.717, 1.165) is 42.5 Å². The number of hydrogen-bond acceptors (Lipinski definition) is 4. The van der Waals surface area contributed by atoms with Gasteiger partial charge in [-0.25, -0.2) is 0 Å². The number of anilines is 2. The average Bonchev–Trinajstić information content (AvgIpc) is 3.30. The Kier molecular flexibility index (Phi) is 5.13. The van der Waals surface area contributed by atoms with Crippen molar-refractivity contribution in [2.24, 2.45) is 5.92 Å². The normalized spacial score (nSPS) is 20.4. The molecular formula is C24H24ClN3O2. The van der Waals surface area contributed by atoms with Crippen molar-refractivity contribution < 1.29 is 9.21 Å². The molecule has 5 nitrogen and oxygen atoms in total. The van der Waals surface area contributed by atoms with Gasteiger partial charge in [-0.2, -0.15) is 0 Å². The van der Waals surface area contributed by atoms with Crippen molar-refractivity contribution >= 4 is 28.9 Å². The predicted octanol–water partition coefficient (Wildman–Crippen LogP) is 4.12. The number of carbonyl (C=O) groups is 1. The van der Waals surface area contributed by atoms with Crippen molar-refractivity contribution in [3.8, 4) is 0 Å². The number of furan rings is 1. The highest BCUT2D eigenvalue weighted by Gasteiger charge is 2.41. The fraction of sp³-hybridized carbons (Fsp3) is 0.292. The summed E-state index contributed by atoms with van der Waals surface area (Å²) < 4.78 is 5.37. The zero-order valence-electron chi connectivity index (χ0n) is 16.6. The van der Waals surface area contributed by atoms with Gasteiger partial charge in [0.2, 0.25) is 5.91 Å². The molecular weight excluding hydrogens is 398 g/mol. The van der Waals surface area contributed by atoms with E-state index in [1.54, 1.807) is 6.26 Å². The van der Waals surface area contributed by atoms with Gasteiger partial charge in [-0.3, -0.25) is 4.79 Å². The van der Waals surface area contributed by atoms with Crippen molar-refractivity contribution in [3.63, 3.8) is 0 Å². The highest BCUT2D eigenvalue weighted by Crippen LogP contribution is 2.38. The van der Waals surface area contributed by atoms with Crippen molar-refractivity contribution in [2.75, 3.05) is 29.4 Å². The molecule has 30 heavy (non-hydrogen) atoms. The predicted molar refractivity (Wildman–Crippen MR) is 119 cm³/mol. The van der Waals surface area contributed by atoms with Crippen LogP contribution in [0.2, 0.25) is 5.02 Å². The molecule has 6 heteroatoms. The third kappa shape index (κ3) is 3.54. The standard InChI is InChI=1S/C24H24ClN3O2/c25-20-8-2-4-10-22(20)27-11-12-28-21-9-3-1-6-17(21)14-19(23(28)16-27)24(29)26-15-18-7-5-13-30-18/h1-10,13,19,23H,11-12,14-16H2,(H,26,29)/t19-,23+/m1/s1. The van der Waals surface area contributed by atoms with Gasteiger partial charge in [-0.1, -0.05) is 41.9 Å². The highest BCUT2D eigenvalue weighted by atomic mass is 35.5. The molecule has 154 valence electrons. The Labute approximate surface area is 181 Å². The van der Waals surface area contributed by atoms with Gasteiger partial charge in [-0.05, 0) is 42.3 Å². The molecule has 1 fully saturated rings. The van der Waals surface area contributed by atoms with Gasteiger partial charge in [0.15, 0.2) is 0 Å². The first kappa shape index (κ1) is 19.1. The van der Waals surface area contributed by atoms with Gasteiger partial charge >= 0.3 is 0 Å². The van der Waals surface area contributed by atoms with Gasteiger partial charge in [0.1, 0.15) is 5.76 Å². The summed E-state index contributed by atoms with van der Waals surface area (Å²) in [6.07, 6.45) is 2.36. The molecule has 0 aliphatic carbocycles. The lowest BCUT2D eigenvalue weighted by Crippen LogP contribution is -2.61. The first-order chi connectivity index (χ1) is 14.7. The van der Waals surface area contributed by atoms with Crippen LogP contribution in [0.15, 0.2) is 71.3 Å². The molecule has 0 unspecified atom stereocenters. The van der Waals surface area contributed by atoms with Crippen LogP contribution < -0.4 is 15.1 Å². The lowest BCUT2D eigenvalue weighted by atomic mass is 9.83. The zero-order chi connectivity index (χ0) is 20.5. The molecule has 2 aromatic carbocycles. The monoisotopic (exact) mass is 421 g/mol. The van der Waals surface area contributed by atoms with Crippen molar-refractivity contribution in [3.05, 3.63) is 83.3 Å². The van der Waals surface area contributed by atoms with Gasteiger partial charge in [-0.15, -0.1) is 0 Å². The Hall–Kier alpha value is -2.92. The second kappa shape index (κ2) is 8.07. The van der Waals surface area contributed by atoms with E-state index < -0.39 is 0 Å². The van der Waals surface area contributed by atoms with Crippen LogP contribution in [-0.2, 0) is 17.8 Å². The second-order valence-corrected chi connectivity index (χ2v) is 8.30. The van der Waals surface area contributed by atoms with E-state index in [2.05, 4.69) is 45.4 Å². The lowest BCUT2D eigenvalue weighted by Gasteiger charge is -2.49. The van der Waals surface area contributed by atoms with Crippen LogP contribution in [0.25, 0.3) is 0 Å². The number of para-hydroxylation sites is 2. The number of piperazine rings is 1. The minimum Gasteiger partial charge on any atom is -0.467 e. The number of amides is 1. The molecule has 3 aromatic rings. The Morgan fingerprint density at radius 2 is 1.83 bits per heavy atom. The van der Waals surface area contributed by atoms with Crippen LogP contribution in [0.3, 0.4) is 0 Å². The summed E-state index contributed by atoms with van der Waals surface area (Å²) in [5.41, 5.74) is 3.52. The number of halogens is 1. The van der Waals surface area contributed by atoms with E-state index in [1.165, 1.54) is 11.3 Å². The first-order valence-corrected chi connectivity index (χ1v) is 10.7. The molecule has 5 rings (SSSR count). The molecule has 3 heterocycles. The SMILES string of the molecule is O=C(NCc1ccco1)[C@@H]1Cc2ccccc2N2CCN(c3ccccc3Cl)C[C@@H]12. The third-order valence-electron chi connectivity index (χ3n) is 6.17. The Morgan fingerprint density at radius 1 is 1.03 bits per heavy atom. The van der Waals surface area contributed by atoms with E-state index in [4.69, 9.17) is 16.0 Å². The fourth-order valence-corrected chi connectivity index (χ4v) is 4.96. The molecule has 1 amide bonds. The molecule has 0 saturated carbocycles. The summed E-state index contributed by atoms with van der Waals surface area (Å²) in [7, 11) is 0. The van der Waals surface area contributed by atoms with Crippen molar-refractivity contribution in [1.82, 2.24) is 5.32 Å². The van der Waals surface area contributed by atoms with E-state index in [1.807, 2.05) is 30.3 Å². The number of nitrogens with zero attached hydrogens (tertiary/aromatic N) is 2. The van der Waals surface area contributed by atoms with Gasteiger partial charge in [0.25, 0.3) is 0 Å². The number of carbonyl (C=O) groups excluding carboxylic acids is 1. The summed E-state index contributed by atoms with van der Waals surface area (Å²) in [5, 5.41) is 3.83. The first-order valence-electron chi connectivity index (χ1n) is 10.3. The van der Waals surface area contributed by atoms with E-state index >= 15 is 0 Å². The van der Waals surface area contributed by atoms with Crippen molar-refractivity contribution in [2.45, 2.75) is 19.0 Å².